The molecule has 0 aromatic heterocycles. The van der Waals surface area contributed by atoms with Crippen LogP contribution < -0.4 is 0 Å². The molecule has 0 atom stereocenters. The predicted molar refractivity (Wildman–Crippen MR) is 61.4 cm³/mol. The van der Waals surface area contributed by atoms with Gasteiger partial charge in [0.15, 0.2) is 5.78 Å². The summed E-state index contributed by atoms with van der Waals surface area (Å²) in [5.41, 5.74) is 2.09. The van der Waals surface area contributed by atoms with Crippen molar-refractivity contribution in [2.24, 2.45) is 0 Å². The van der Waals surface area contributed by atoms with Gasteiger partial charge in [-0.25, -0.2) is 0 Å². The van der Waals surface area contributed by atoms with Gasteiger partial charge in [0.2, 0.25) is 0 Å². The Labute approximate surface area is 88.2 Å². The average Bonchev–Trinajstić information content (AvgIpc) is 2.23. The second-order valence-corrected chi connectivity index (χ2v) is 4.41. The molecule has 0 saturated carbocycles. The van der Waals surface area contributed by atoms with Crippen LogP contribution in [0.2, 0.25) is 0 Å². The monoisotopic (exact) mass is 204 g/mol. The molecular weight excluding hydrogens is 192 g/mol. The smallest absolute Gasteiger partial charge is 0.160 e. The first kappa shape index (κ1) is 9.53. The number of benzene rings is 1. The molecule has 1 aromatic rings. The normalized spacial score (nSPS) is 20.0. The number of carbonyl (C=O) groups excluding carboxylic acids is 1. The van der Waals surface area contributed by atoms with E-state index >= 15 is 0 Å². The minimum absolute atomic E-state index is 0.313. The Kier molecular flexibility index (Phi) is 3.04. The lowest BCUT2D eigenvalue weighted by Crippen LogP contribution is -2.11. The van der Waals surface area contributed by atoms with Crippen molar-refractivity contribution in [3.63, 3.8) is 0 Å². The molecule has 2 heteroatoms. The van der Waals surface area contributed by atoms with Crippen LogP contribution >= 0.6 is 11.8 Å². The highest BCUT2D eigenvalue weighted by Crippen LogP contribution is 2.21. The van der Waals surface area contributed by atoms with Crippen LogP contribution in [0.1, 0.15) is 12.0 Å². The molecule has 0 radical (unpaired) electrons. The summed E-state index contributed by atoms with van der Waals surface area (Å²) in [5.74, 6) is 2.16. The largest absolute Gasteiger partial charge is 0.294 e. The molecular formula is C12H12OS. The topological polar surface area (TPSA) is 17.1 Å². The van der Waals surface area contributed by atoms with Crippen LogP contribution in [0, 0.1) is 0 Å². The summed E-state index contributed by atoms with van der Waals surface area (Å²) in [6.45, 7) is 0. The van der Waals surface area contributed by atoms with Crippen molar-refractivity contribution in [3.05, 3.63) is 41.5 Å². The van der Waals surface area contributed by atoms with Gasteiger partial charge < -0.3 is 0 Å². The number of thioether (sulfide) groups is 1. The van der Waals surface area contributed by atoms with Crippen molar-refractivity contribution in [2.45, 2.75) is 6.42 Å². The molecule has 14 heavy (non-hydrogen) atoms. The van der Waals surface area contributed by atoms with Crippen LogP contribution in [0.3, 0.4) is 0 Å². The van der Waals surface area contributed by atoms with Crippen molar-refractivity contribution in [1.29, 1.82) is 0 Å². The van der Waals surface area contributed by atoms with Crippen LogP contribution in [-0.2, 0) is 4.79 Å². The first-order chi connectivity index (χ1) is 6.86. The Balaban J connectivity index is 2.21. The standard InChI is InChI=1S/C12H12OS/c13-12-6-7-14-9-11(12)8-10-4-2-1-3-5-10/h1-5,8H,6-7,9H2/b11-8+. The van der Waals surface area contributed by atoms with Gasteiger partial charge in [-0.2, -0.15) is 11.8 Å². The van der Waals surface area contributed by atoms with Crippen LogP contribution in [0.15, 0.2) is 35.9 Å². The number of ketones is 1. The highest BCUT2D eigenvalue weighted by Gasteiger charge is 2.14. The lowest BCUT2D eigenvalue weighted by Gasteiger charge is -2.11. The minimum atomic E-state index is 0.313. The van der Waals surface area contributed by atoms with E-state index in [0.29, 0.717) is 12.2 Å². The summed E-state index contributed by atoms with van der Waals surface area (Å²) in [6, 6.07) is 10.0. The Morgan fingerprint density at radius 2 is 2.00 bits per heavy atom. The second-order valence-electron chi connectivity index (χ2n) is 3.31. The number of carbonyl (C=O) groups is 1. The van der Waals surface area contributed by atoms with Crippen LogP contribution in [0.25, 0.3) is 6.08 Å². The van der Waals surface area contributed by atoms with Gasteiger partial charge in [-0.15, -0.1) is 0 Å². The Hall–Kier alpha value is -1.02. The van der Waals surface area contributed by atoms with Crippen molar-refractivity contribution in [3.8, 4) is 0 Å². The summed E-state index contributed by atoms with van der Waals surface area (Å²) in [6.07, 6.45) is 2.71. The van der Waals surface area contributed by atoms with E-state index in [1.807, 2.05) is 48.2 Å². The maximum absolute atomic E-state index is 11.5. The summed E-state index contributed by atoms with van der Waals surface area (Å²) in [7, 11) is 0. The SMILES string of the molecule is O=C1CCSC/C1=C\c1ccccc1. The lowest BCUT2D eigenvalue weighted by molar-refractivity contribution is -0.115. The maximum atomic E-state index is 11.5. The second kappa shape index (κ2) is 4.47. The predicted octanol–water partition coefficient (Wildman–Crippen LogP) is 2.78. The molecule has 0 N–H and O–H groups in total. The third-order valence-corrected chi connectivity index (χ3v) is 3.24. The fraction of sp³-hybridized carbons (Fsp3) is 0.250. The molecule has 1 aromatic carbocycles. The van der Waals surface area contributed by atoms with Gasteiger partial charge in [-0.1, -0.05) is 30.3 Å². The molecule has 1 aliphatic heterocycles. The molecule has 1 saturated heterocycles. The number of hydrogen-bond donors (Lipinski definition) is 0. The molecule has 0 spiro atoms. The van der Waals surface area contributed by atoms with Gasteiger partial charge in [0.25, 0.3) is 0 Å². The first-order valence-corrected chi connectivity index (χ1v) is 5.88. The van der Waals surface area contributed by atoms with Crippen molar-refractivity contribution >= 4 is 23.6 Å². The fourth-order valence-corrected chi connectivity index (χ4v) is 2.40. The molecule has 2 rings (SSSR count). The van der Waals surface area contributed by atoms with Crippen molar-refractivity contribution < 1.29 is 4.79 Å². The van der Waals surface area contributed by atoms with Gasteiger partial charge >= 0.3 is 0 Å². The van der Waals surface area contributed by atoms with Crippen LogP contribution in [0.5, 0.6) is 0 Å². The third kappa shape index (κ3) is 2.26. The quantitative estimate of drug-likeness (QED) is 0.654. The molecule has 0 unspecified atom stereocenters. The molecule has 1 heterocycles. The van der Waals surface area contributed by atoms with Gasteiger partial charge in [-0.3, -0.25) is 4.79 Å². The van der Waals surface area contributed by atoms with E-state index in [2.05, 4.69) is 0 Å². The number of rotatable bonds is 1. The van der Waals surface area contributed by atoms with Crippen LogP contribution in [0.4, 0.5) is 0 Å². The molecule has 1 fully saturated rings. The minimum Gasteiger partial charge on any atom is -0.294 e. The highest BCUT2D eigenvalue weighted by atomic mass is 32.2. The number of hydrogen-bond acceptors (Lipinski definition) is 2. The van der Waals surface area contributed by atoms with Gasteiger partial charge in [-0.05, 0) is 11.6 Å². The van der Waals surface area contributed by atoms with Crippen molar-refractivity contribution in [2.75, 3.05) is 11.5 Å². The van der Waals surface area contributed by atoms with E-state index in [4.69, 9.17) is 0 Å². The van der Waals surface area contributed by atoms with E-state index in [1.165, 1.54) is 0 Å². The van der Waals surface area contributed by atoms with E-state index < -0.39 is 0 Å². The molecule has 0 amide bonds. The Bertz CT molecular complexity index is 354. The Morgan fingerprint density at radius 3 is 2.71 bits per heavy atom. The summed E-state index contributed by atoms with van der Waals surface area (Å²) >= 11 is 1.84. The van der Waals surface area contributed by atoms with E-state index in [0.717, 1.165) is 22.6 Å². The third-order valence-electron chi connectivity index (χ3n) is 2.23. The van der Waals surface area contributed by atoms with E-state index in [9.17, 15) is 4.79 Å². The number of Topliss-reactive ketones (excluding diaryl/α,β-unsaturated/α-hetero) is 1. The molecule has 0 bridgehead atoms. The fourth-order valence-electron chi connectivity index (χ4n) is 1.46. The molecule has 1 nitrogen and oxygen atoms in total. The van der Waals surface area contributed by atoms with Crippen LogP contribution in [-0.4, -0.2) is 17.3 Å². The summed E-state index contributed by atoms with van der Waals surface area (Å²) in [5, 5.41) is 0. The van der Waals surface area contributed by atoms with Gasteiger partial charge in [0.1, 0.15) is 0 Å². The summed E-state index contributed by atoms with van der Waals surface area (Å²) < 4.78 is 0. The van der Waals surface area contributed by atoms with Gasteiger partial charge in [0, 0.05) is 23.5 Å². The molecule has 72 valence electrons. The Morgan fingerprint density at radius 1 is 1.21 bits per heavy atom. The van der Waals surface area contributed by atoms with Crippen molar-refractivity contribution in [1.82, 2.24) is 0 Å². The first-order valence-electron chi connectivity index (χ1n) is 4.73. The zero-order valence-corrected chi connectivity index (χ0v) is 8.72. The maximum Gasteiger partial charge on any atom is 0.160 e. The van der Waals surface area contributed by atoms with Gasteiger partial charge in [0.05, 0.1) is 0 Å². The molecule has 0 aliphatic carbocycles. The zero-order valence-electron chi connectivity index (χ0n) is 7.90. The molecule has 1 aliphatic rings. The van der Waals surface area contributed by atoms with E-state index in [1.54, 1.807) is 0 Å². The zero-order chi connectivity index (χ0) is 9.80. The lowest BCUT2D eigenvalue weighted by atomic mass is 10.1. The summed E-state index contributed by atoms with van der Waals surface area (Å²) in [4.78, 5) is 11.5. The van der Waals surface area contributed by atoms with E-state index in [-0.39, 0.29) is 0 Å². The average molecular weight is 204 g/mol. The highest BCUT2D eigenvalue weighted by molar-refractivity contribution is 7.99.